The van der Waals surface area contributed by atoms with E-state index in [1.165, 1.54) is 4.90 Å². The second-order valence-corrected chi connectivity index (χ2v) is 9.17. The highest BCUT2D eigenvalue weighted by Crippen LogP contribution is 2.33. The Morgan fingerprint density at radius 1 is 0.972 bits per heavy atom. The Hall–Kier alpha value is -3.65. The number of nitrogens with zero attached hydrogens (tertiary/aromatic N) is 2. The van der Waals surface area contributed by atoms with E-state index in [0.717, 1.165) is 16.9 Å². The quantitative estimate of drug-likeness (QED) is 0.395. The van der Waals surface area contributed by atoms with Gasteiger partial charge >= 0.3 is 6.03 Å². The Kier molecular flexibility index (Phi) is 8.05. The average molecular weight is 512 g/mol. The lowest BCUT2D eigenvalue weighted by atomic mass is 10.2. The van der Waals surface area contributed by atoms with Crippen molar-refractivity contribution in [1.29, 1.82) is 0 Å². The smallest absolute Gasteiger partial charge is 0.322 e. The number of amides is 3. The summed E-state index contributed by atoms with van der Waals surface area (Å²) < 4.78 is 16.6. The molecule has 0 saturated heterocycles. The number of urea groups is 1. The van der Waals surface area contributed by atoms with E-state index < -0.39 is 0 Å². The minimum atomic E-state index is -0.359. The van der Waals surface area contributed by atoms with Crippen molar-refractivity contribution in [3.05, 3.63) is 76.2 Å². The van der Waals surface area contributed by atoms with Gasteiger partial charge in [0.05, 0.1) is 6.54 Å². The predicted molar refractivity (Wildman–Crippen MR) is 137 cm³/mol. The monoisotopic (exact) mass is 511 g/mol. The lowest BCUT2D eigenvalue weighted by Crippen LogP contribution is -2.44. The number of anilines is 1. The van der Waals surface area contributed by atoms with Crippen molar-refractivity contribution in [2.24, 2.45) is 0 Å². The first-order chi connectivity index (χ1) is 17.3. The van der Waals surface area contributed by atoms with Crippen LogP contribution in [0.2, 0.25) is 5.02 Å². The molecule has 1 N–H and O–H groups in total. The summed E-state index contributed by atoms with van der Waals surface area (Å²) in [5.74, 6) is 2.57. The average Bonchev–Trinajstić information content (AvgIpc) is 3.48. The van der Waals surface area contributed by atoms with Gasteiger partial charge in [-0.2, -0.15) is 0 Å². The highest BCUT2D eigenvalue weighted by molar-refractivity contribution is 6.31. The van der Waals surface area contributed by atoms with Crippen molar-refractivity contribution in [3.8, 4) is 11.5 Å². The molecule has 2 aromatic carbocycles. The molecule has 3 aromatic rings. The Bertz CT molecular complexity index is 1240. The number of nitrogens with one attached hydrogen (secondary N) is 1. The van der Waals surface area contributed by atoms with Gasteiger partial charge in [-0.05, 0) is 67.8 Å². The normalized spacial score (nSPS) is 11.9. The molecule has 190 valence electrons. The predicted octanol–water partition coefficient (Wildman–Crippen LogP) is 5.75. The lowest BCUT2D eigenvalue weighted by molar-refractivity contribution is -0.133. The van der Waals surface area contributed by atoms with Crippen LogP contribution in [-0.4, -0.2) is 41.6 Å². The van der Waals surface area contributed by atoms with Gasteiger partial charge in [0.25, 0.3) is 0 Å². The summed E-state index contributed by atoms with van der Waals surface area (Å²) in [5, 5.41) is 3.42. The molecule has 0 spiro atoms. The third-order valence-corrected chi connectivity index (χ3v) is 6.24. The van der Waals surface area contributed by atoms with Gasteiger partial charge in [-0.1, -0.05) is 30.7 Å². The summed E-state index contributed by atoms with van der Waals surface area (Å²) >= 11 is 6.20. The largest absolute Gasteiger partial charge is 0.464 e. The van der Waals surface area contributed by atoms with E-state index in [0.29, 0.717) is 47.5 Å². The van der Waals surface area contributed by atoms with Gasteiger partial charge in [-0.25, -0.2) is 4.79 Å². The molecule has 0 radical (unpaired) electrons. The van der Waals surface area contributed by atoms with Crippen LogP contribution < -0.4 is 14.8 Å². The molecule has 1 aliphatic heterocycles. The molecule has 1 aliphatic rings. The standard InChI is InChI=1S/C27H30ClN3O5/c1-4-11-30(27(33)29-21-8-5-18(2)23(28)13-21)16-26(32)31(15-22-9-6-19(3)36-22)14-20-7-10-24-25(12-20)35-17-34-24/h5-10,12-13H,4,11,14-17H2,1-3H3,(H,29,33). The van der Waals surface area contributed by atoms with Crippen LogP contribution in [-0.2, 0) is 17.9 Å². The third-order valence-electron chi connectivity index (χ3n) is 5.84. The van der Waals surface area contributed by atoms with Gasteiger partial charge in [-0.3, -0.25) is 4.79 Å². The Morgan fingerprint density at radius 2 is 1.78 bits per heavy atom. The summed E-state index contributed by atoms with van der Waals surface area (Å²) in [6, 6.07) is 14.3. The first-order valence-electron chi connectivity index (χ1n) is 11.9. The molecule has 0 saturated carbocycles. The molecule has 0 unspecified atom stereocenters. The number of ether oxygens (including phenoxy) is 2. The summed E-state index contributed by atoms with van der Waals surface area (Å²) in [7, 11) is 0. The van der Waals surface area contributed by atoms with Gasteiger partial charge in [0.15, 0.2) is 11.5 Å². The molecular formula is C27H30ClN3O5. The number of benzene rings is 2. The fourth-order valence-electron chi connectivity index (χ4n) is 3.91. The molecule has 0 aliphatic carbocycles. The maximum absolute atomic E-state index is 13.5. The van der Waals surface area contributed by atoms with Crippen molar-refractivity contribution in [3.63, 3.8) is 0 Å². The molecule has 2 heterocycles. The second kappa shape index (κ2) is 11.4. The van der Waals surface area contributed by atoms with E-state index in [2.05, 4.69) is 5.32 Å². The van der Waals surface area contributed by atoms with E-state index in [4.69, 9.17) is 25.5 Å². The Labute approximate surface area is 215 Å². The molecule has 9 heteroatoms. The fraction of sp³-hybridized carbons (Fsp3) is 0.333. The van der Waals surface area contributed by atoms with Crippen LogP contribution in [0, 0.1) is 13.8 Å². The molecule has 4 rings (SSSR count). The fourth-order valence-corrected chi connectivity index (χ4v) is 4.09. The number of halogens is 1. The number of fused-ring (bicyclic) bond motifs is 1. The van der Waals surface area contributed by atoms with Crippen molar-refractivity contribution < 1.29 is 23.5 Å². The van der Waals surface area contributed by atoms with E-state index in [1.54, 1.807) is 17.0 Å². The summed E-state index contributed by atoms with van der Waals surface area (Å²) in [5.41, 5.74) is 2.38. The zero-order valence-electron chi connectivity index (χ0n) is 20.7. The SMILES string of the molecule is CCCN(CC(=O)N(Cc1ccc2c(c1)OCO2)Cc1ccc(C)o1)C(=O)Nc1ccc(C)c(Cl)c1. The topological polar surface area (TPSA) is 84.2 Å². The number of carbonyl (C=O) groups is 2. The highest BCUT2D eigenvalue weighted by atomic mass is 35.5. The highest BCUT2D eigenvalue weighted by Gasteiger charge is 2.23. The van der Waals surface area contributed by atoms with Gasteiger partial charge in [0, 0.05) is 23.8 Å². The number of rotatable bonds is 9. The molecule has 3 amide bonds. The minimum Gasteiger partial charge on any atom is -0.464 e. The lowest BCUT2D eigenvalue weighted by Gasteiger charge is -2.27. The van der Waals surface area contributed by atoms with Gasteiger partial charge < -0.3 is 29.0 Å². The maximum atomic E-state index is 13.5. The van der Waals surface area contributed by atoms with Crippen molar-refractivity contribution in [1.82, 2.24) is 9.80 Å². The summed E-state index contributed by atoms with van der Waals surface area (Å²) in [4.78, 5) is 29.8. The first kappa shape index (κ1) is 25.4. The zero-order chi connectivity index (χ0) is 25.7. The van der Waals surface area contributed by atoms with Crippen LogP contribution in [0.15, 0.2) is 52.9 Å². The van der Waals surface area contributed by atoms with Crippen molar-refractivity contribution >= 4 is 29.2 Å². The number of hydrogen-bond acceptors (Lipinski definition) is 5. The van der Waals surface area contributed by atoms with E-state index in [-0.39, 0.29) is 31.8 Å². The van der Waals surface area contributed by atoms with Crippen LogP contribution in [0.4, 0.5) is 10.5 Å². The van der Waals surface area contributed by atoms with Gasteiger partial charge in [-0.15, -0.1) is 0 Å². The number of aryl methyl sites for hydroxylation is 2. The third kappa shape index (κ3) is 6.31. The van der Waals surface area contributed by atoms with E-state index in [1.807, 2.05) is 57.2 Å². The van der Waals surface area contributed by atoms with Crippen molar-refractivity contribution in [2.75, 3.05) is 25.2 Å². The molecule has 1 aromatic heterocycles. The van der Waals surface area contributed by atoms with Crippen LogP contribution >= 0.6 is 11.6 Å². The second-order valence-electron chi connectivity index (χ2n) is 8.77. The van der Waals surface area contributed by atoms with E-state index >= 15 is 0 Å². The summed E-state index contributed by atoms with van der Waals surface area (Å²) in [6.07, 6.45) is 0.703. The van der Waals surface area contributed by atoms with Crippen LogP contribution in [0.3, 0.4) is 0 Å². The van der Waals surface area contributed by atoms with Crippen molar-refractivity contribution in [2.45, 2.75) is 40.3 Å². The van der Waals surface area contributed by atoms with Gasteiger partial charge in [0.1, 0.15) is 18.1 Å². The maximum Gasteiger partial charge on any atom is 0.322 e. The molecule has 0 atom stereocenters. The number of furan rings is 1. The molecule has 0 bridgehead atoms. The van der Waals surface area contributed by atoms with Crippen LogP contribution in [0.25, 0.3) is 0 Å². The molecule has 8 nitrogen and oxygen atoms in total. The zero-order valence-corrected chi connectivity index (χ0v) is 21.4. The Balaban J connectivity index is 1.50. The molecule has 0 fully saturated rings. The first-order valence-corrected chi connectivity index (χ1v) is 12.2. The van der Waals surface area contributed by atoms with Crippen LogP contribution in [0.5, 0.6) is 11.5 Å². The summed E-state index contributed by atoms with van der Waals surface area (Å²) in [6.45, 7) is 6.84. The Morgan fingerprint density at radius 3 is 2.50 bits per heavy atom. The minimum absolute atomic E-state index is 0.0799. The molecule has 36 heavy (non-hydrogen) atoms. The van der Waals surface area contributed by atoms with E-state index in [9.17, 15) is 9.59 Å². The van der Waals surface area contributed by atoms with Gasteiger partial charge in [0.2, 0.25) is 12.7 Å². The number of hydrogen-bond donors (Lipinski definition) is 1. The van der Waals surface area contributed by atoms with Crippen LogP contribution in [0.1, 0.15) is 36.0 Å². The number of carbonyl (C=O) groups excluding carboxylic acids is 2. The molecular weight excluding hydrogens is 482 g/mol.